The standard InChI is InChI=1S/C16H20N4O2S/c1-3-20(22,4-2)10-9-19-12-7-5-6-8-14(12)23-15-13(19)11-17-18-16(15)21/h5-8,11H,3-4,9-10H2,1-2H3,(H,18,21). The second-order valence-corrected chi connectivity index (χ2v) is 6.60. The predicted molar refractivity (Wildman–Crippen MR) is 92.0 cm³/mol. The highest BCUT2D eigenvalue weighted by molar-refractivity contribution is 7.99. The Morgan fingerprint density at radius 1 is 1.26 bits per heavy atom. The molecule has 0 radical (unpaired) electrons. The molecule has 1 aromatic carbocycles. The van der Waals surface area contributed by atoms with Crippen LogP contribution in [0.1, 0.15) is 13.8 Å². The molecule has 23 heavy (non-hydrogen) atoms. The number of H-pyrrole nitrogens is 1. The molecule has 0 saturated heterocycles. The number of para-hydroxylation sites is 1. The summed E-state index contributed by atoms with van der Waals surface area (Å²) < 4.78 is -0.238. The van der Waals surface area contributed by atoms with Crippen LogP contribution < -0.4 is 10.5 Å². The van der Waals surface area contributed by atoms with Crippen molar-refractivity contribution in [1.29, 1.82) is 0 Å². The van der Waals surface area contributed by atoms with Crippen LogP contribution >= 0.6 is 11.8 Å². The summed E-state index contributed by atoms with van der Waals surface area (Å²) in [6, 6.07) is 7.94. The van der Waals surface area contributed by atoms with Crippen molar-refractivity contribution in [3.05, 3.63) is 46.0 Å². The fourth-order valence-electron chi connectivity index (χ4n) is 2.74. The summed E-state index contributed by atoms with van der Waals surface area (Å²) in [6.07, 6.45) is 1.66. The van der Waals surface area contributed by atoms with Crippen molar-refractivity contribution in [3.8, 4) is 0 Å². The quantitative estimate of drug-likeness (QED) is 0.673. The van der Waals surface area contributed by atoms with Crippen LogP contribution in [0.25, 0.3) is 0 Å². The monoisotopic (exact) mass is 332 g/mol. The number of fused-ring (bicyclic) bond motifs is 2. The van der Waals surface area contributed by atoms with Crippen molar-refractivity contribution in [2.45, 2.75) is 23.6 Å². The van der Waals surface area contributed by atoms with Gasteiger partial charge in [0.15, 0.2) is 0 Å². The lowest BCUT2D eigenvalue weighted by atomic mass is 10.2. The molecule has 2 heterocycles. The van der Waals surface area contributed by atoms with Gasteiger partial charge in [-0.1, -0.05) is 23.9 Å². The van der Waals surface area contributed by atoms with Crippen molar-refractivity contribution in [3.63, 3.8) is 0 Å². The summed E-state index contributed by atoms with van der Waals surface area (Å²) in [5, 5.41) is 19.0. The number of hydrogen-bond acceptors (Lipinski definition) is 5. The van der Waals surface area contributed by atoms with Crippen LogP contribution in [0.15, 0.2) is 45.0 Å². The topological polar surface area (TPSA) is 72.0 Å². The molecule has 0 unspecified atom stereocenters. The van der Waals surface area contributed by atoms with E-state index in [1.54, 1.807) is 6.20 Å². The van der Waals surface area contributed by atoms with E-state index >= 15 is 0 Å². The Morgan fingerprint density at radius 3 is 2.74 bits per heavy atom. The van der Waals surface area contributed by atoms with E-state index in [0.29, 0.717) is 31.1 Å². The molecule has 2 aromatic rings. The maximum atomic E-state index is 12.6. The molecule has 0 saturated carbocycles. The number of aromatic nitrogens is 2. The summed E-state index contributed by atoms with van der Waals surface area (Å²) >= 11 is 1.45. The Morgan fingerprint density at radius 2 is 2.00 bits per heavy atom. The van der Waals surface area contributed by atoms with Gasteiger partial charge in [-0.2, -0.15) is 5.10 Å². The smallest absolute Gasteiger partial charge is 0.280 e. The zero-order chi connectivity index (χ0) is 16.4. The van der Waals surface area contributed by atoms with E-state index in [2.05, 4.69) is 10.2 Å². The van der Waals surface area contributed by atoms with Gasteiger partial charge in [0, 0.05) is 4.90 Å². The second kappa shape index (κ2) is 6.35. The molecule has 6 nitrogen and oxygen atoms in total. The molecule has 0 bridgehead atoms. The average Bonchev–Trinajstić information content (AvgIpc) is 2.59. The summed E-state index contributed by atoms with van der Waals surface area (Å²) in [5.74, 6) is 0. The number of quaternary nitrogens is 1. The molecule has 1 aromatic heterocycles. The molecule has 0 amide bonds. The summed E-state index contributed by atoms with van der Waals surface area (Å²) in [5.41, 5.74) is 1.60. The Hall–Kier alpha value is -1.83. The number of hydroxylamine groups is 3. The van der Waals surface area contributed by atoms with Crippen LogP contribution in [0.3, 0.4) is 0 Å². The van der Waals surface area contributed by atoms with Crippen LogP contribution in [-0.2, 0) is 0 Å². The summed E-state index contributed by atoms with van der Waals surface area (Å²) in [4.78, 5) is 15.8. The van der Waals surface area contributed by atoms with Crippen LogP contribution in [0.4, 0.5) is 11.4 Å². The zero-order valence-corrected chi connectivity index (χ0v) is 14.1. The van der Waals surface area contributed by atoms with Gasteiger partial charge < -0.3 is 14.8 Å². The normalized spacial score (nSPS) is 13.6. The van der Waals surface area contributed by atoms with Crippen LogP contribution in [0.5, 0.6) is 0 Å². The number of rotatable bonds is 5. The molecule has 122 valence electrons. The fourth-order valence-corrected chi connectivity index (χ4v) is 3.79. The second-order valence-electron chi connectivity index (χ2n) is 5.55. The average molecular weight is 332 g/mol. The zero-order valence-electron chi connectivity index (χ0n) is 13.3. The molecule has 0 aliphatic carbocycles. The molecule has 1 aliphatic rings. The molecular formula is C16H20N4O2S. The molecule has 7 heteroatoms. The van der Waals surface area contributed by atoms with Gasteiger partial charge in [0.2, 0.25) is 0 Å². The van der Waals surface area contributed by atoms with E-state index in [4.69, 9.17) is 0 Å². The highest BCUT2D eigenvalue weighted by Crippen LogP contribution is 2.45. The minimum atomic E-state index is -0.238. The third-order valence-electron chi connectivity index (χ3n) is 4.33. The Bertz CT molecular complexity index is 758. The largest absolute Gasteiger partial charge is 0.633 e. The minimum absolute atomic E-state index is 0.194. The minimum Gasteiger partial charge on any atom is -0.633 e. The number of benzene rings is 1. The molecule has 3 rings (SSSR count). The third-order valence-corrected chi connectivity index (χ3v) is 5.50. The van der Waals surface area contributed by atoms with E-state index in [0.717, 1.165) is 16.3 Å². The highest BCUT2D eigenvalue weighted by Gasteiger charge is 2.27. The maximum Gasteiger partial charge on any atom is 0.280 e. The van der Waals surface area contributed by atoms with Crippen LogP contribution in [0.2, 0.25) is 0 Å². The summed E-state index contributed by atoms with van der Waals surface area (Å²) in [7, 11) is 0. The fraction of sp³-hybridized carbons (Fsp3) is 0.375. The van der Waals surface area contributed by atoms with E-state index in [-0.39, 0.29) is 10.2 Å². The first-order chi connectivity index (χ1) is 11.1. The molecule has 1 N–H and O–H groups in total. The van der Waals surface area contributed by atoms with E-state index < -0.39 is 0 Å². The SMILES string of the molecule is CC[N+]([O-])(CC)CCN1c2ccccc2Sc2c1cn[nH]c2=O. The Labute approximate surface area is 139 Å². The van der Waals surface area contributed by atoms with Crippen LogP contribution in [0, 0.1) is 5.21 Å². The number of likely N-dealkylation sites (N-methyl/N-ethyl adjacent to an activating group) is 1. The molecule has 0 spiro atoms. The van der Waals surface area contributed by atoms with E-state index in [1.807, 2.05) is 43.0 Å². The number of nitrogens with one attached hydrogen (secondary N) is 1. The van der Waals surface area contributed by atoms with Gasteiger partial charge in [-0.15, -0.1) is 0 Å². The first-order valence-electron chi connectivity index (χ1n) is 7.77. The number of hydrogen-bond donors (Lipinski definition) is 1. The number of aromatic amines is 1. The van der Waals surface area contributed by atoms with E-state index in [9.17, 15) is 10.0 Å². The number of nitrogens with zero attached hydrogens (tertiary/aromatic N) is 3. The van der Waals surface area contributed by atoms with Crippen molar-refractivity contribution in [1.82, 2.24) is 10.2 Å². The predicted octanol–water partition coefficient (Wildman–Crippen LogP) is 2.73. The van der Waals surface area contributed by atoms with Gasteiger partial charge in [-0.3, -0.25) is 4.79 Å². The van der Waals surface area contributed by atoms with Gasteiger partial charge in [-0.25, -0.2) is 5.10 Å². The first kappa shape index (κ1) is 16.0. The third kappa shape index (κ3) is 2.99. The van der Waals surface area contributed by atoms with Gasteiger partial charge in [0.25, 0.3) is 5.56 Å². The van der Waals surface area contributed by atoms with Crippen molar-refractivity contribution in [2.75, 3.05) is 31.1 Å². The lowest BCUT2D eigenvalue weighted by Gasteiger charge is -2.43. The van der Waals surface area contributed by atoms with Gasteiger partial charge in [-0.05, 0) is 26.0 Å². The van der Waals surface area contributed by atoms with E-state index in [1.165, 1.54) is 11.8 Å². The molecule has 1 aliphatic heterocycles. The maximum absolute atomic E-state index is 12.6. The first-order valence-corrected chi connectivity index (χ1v) is 8.59. The molecular weight excluding hydrogens is 312 g/mol. The lowest BCUT2D eigenvalue weighted by Crippen LogP contribution is -2.46. The van der Waals surface area contributed by atoms with Crippen LogP contribution in [-0.4, -0.2) is 41.0 Å². The molecule has 0 atom stereocenters. The Kier molecular flexibility index (Phi) is 4.43. The van der Waals surface area contributed by atoms with Gasteiger partial charge >= 0.3 is 0 Å². The van der Waals surface area contributed by atoms with Crippen molar-refractivity contribution in [2.24, 2.45) is 0 Å². The van der Waals surface area contributed by atoms with Gasteiger partial charge in [0.1, 0.15) is 4.90 Å². The lowest BCUT2D eigenvalue weighted by molar-refractivity contribution is -0.875. The molecule has 0 fully saturated rings. The summed E-state index contributed by atoms with van der Waals surface area (Å²) in [6.45, 7) is 5.94. The van der Waals surface area contributed by atoms with Crippen molar-refractivity contribution >= 4 is 23.1 Å². The Balaban J connectivity index is 1.99. The number of anilines is 2. The van der Waals surface area contributed by atoms with Crippen molar-refractivity contribution < 1.29 is 4.65 Å². The highest BCUT2D eigenvalue weighted by atomic mass is 32.2. The van der Waals surface area contributed by atoms with Gasteiger partial charge in [0.05, 0.1) is 43.8 Å².